The molecule has 0 aliphatic carbocycles. The van der Waals surface area contributed by atoms with E-state index in [0.29, 0.717) is 42.9 Å². The standard InChI is InChI=1S/C18H18ClNO5S/c19-14-3-1-13(2-4-14)18-12-20(7-8-23-18)26(21,22)15-5-6-16-17(11-15)25-10-9-24-16/h1-6,11,18H,7-10,12H2. The fourth-order valence-corrected chi connectivity index (χ4v) is 4.62. The normalized spacial score (nSPS) is 20.7. The molecule has 1 saturated heterocycles. The second-order valence-electron chi connectivity index (χ2n) is 6.08. The van der Waals surface area contributed by atoms with Crippen molar-refractivity contribution in [1.82, 2.24) is 4.31 Å². The van der Waals surface area contributed by atoms with E-state index in [4.69, 9.17) is 25.8 Å². The predicted octanol–water partition coefficient (Wildman–Crippen LogP) is 2.87. The highest BCUT2D eigenvalue weighted by Crippen LogP contribution is 2.34. The molecule has 0 saturated carbocycles. The summed E-state index contributed by atoms with van der Waals surface area (Å²) in [4.78, 5) is 0.193. The number of rotatable bonds is 3. The van der Waals surface area contributed by atoms with Crippen molar-refractivity contribution in [2.45, 2.75) is 11.0 Å². The molecule has 138 valence electrons. The Morgan fingerprint density at radius 2 is 1.69 bits per heavy atom. The Labute approximate surface area is 157 Å². The summed E-state index contributed by atoms with van der Waals surface area (Å²) in [5, 5.41) is 0.630. The van der Waals surface area contributed by atoms with E-state index in [1.54, 1.807) is 24.3 Å². The third-order valence-electron chi connectivity index (χ3n) is 4.42. The summed E-state index contributed by atoms with van der Waals surface area (Å²) in [5.74, 6) is 1.02. The highest BCUT2D eigenvalue weighted by molar-refractivity contribution is 7.89. The first kappa shape index (κ1) is 17.6. The number of nitrogens with zero attached hydrogens (tertiary/aromatic N) is 1. The summed E-state index contributed by atoms with van der Waals surface area (Å²) >= 11 is 5.92. The second-order valence-corrected chi connectivity index (χ2v) is 8.45. The molecule has 1 atom stereocenters. The maximum Gasteiger partial charge on any atom is 0.243 e. The first-order chi connectivity index (χ1) is 12.5. The highest BCUT2D eigenvalue weighted by atomic mass is 35.5. The summed E-state index contributed by atoms with van der Waals surface area (Å²) in [6.45, 7) is 1.76. The van der Waals surface area contributed by atoms with Crippen molar-refractivity contribution >= 4 is 21.6 Å². The van der Waals surface area contributed by atoms with Crippen LogP contribution < -0.4 is 9.47 Å². The molecular weight excluding hydrogens is 378 g/mol. The Morgan fingerprint density at radius 3 is 2.46 bits per heavy atom. The number of benzene rings is 2. The highest BCUT2D eigenvalue weighted by Gasteiger charge is 2.32. The zero-order chi connectivity index (χ0) is 18.1. The first-order valence-corrected chi connectivity index (χ1v) is 10.1. The van der Waals surface area contributed by atoms with Crippen LogP contribution in [0.15, 0.2) is 47.4 Å². The van der Waals surface area contributed by atoms with Gasteiger partial charge in [0.25, 0.3) is 0 Å². The van der Waals surface area contributed by atoms with Crippen molar-refractivity contribution in [2.24, 2.45) is 0 Å². The number of morpholine rings is 1. The molecule has 0 N–H and O–H groups in total. The van der Waals surface area contributed by atoms with Crippen LogP contribution in [0.2, 0.25) is 5.02 Å². The topological polar surface area (TPSA) is 65.1 Å². The van der Waals surface area contributed by atoms with Crippen LogP contribution in [0.5, 0.6) is 11.5 Å². The average Bonchev–Trinajstić information content (AvgIpc) is 2.68. The summed E-state index contributed by atoms with van der Waals surface area (Å²) in [6, 6.07) is 12.0. The molecule has 2 aliphatic heterocycles. The van der Waals surface area contributed by atoms with Gasteiger partial charge in [0, 0.05) is 24.2 Å². The van der Waals surface area contributed by atoms with Crippen molar-refractivity contribution in [3.8, 4) is 11.5 Å². The predicted molar refractivity (Wildman–Crippen MR) is 96.3 cm³/mol. The minimum absolute atomic E-state index is 0.193. The minimum Gasteiger partial charge on any atom is -0.486 e. The van der Waals surface area contributed by atoms with Gasteiger partial charge in [-0.1, -0.05) is 23.7 Å². The van der Waals surface area contributed by atoms with Crippen LogP contribution in [-0.2, 0) is 14.8 Å². The van der Waals surface area contributed by atoms with E-state index in [9.17, 15) is 8.42 Å². The Morgan fingerprint density at radius 1 is 0.962 bits per heavy atom. The number of hydrogen-bond acceptors (Lipinski definition) is 5. The van der Waals surface area contributed by atoms with E-state index in [2.05, 4.69) is 0 Å². The van der Waals surface area contributed by atoms with E-state index in [1.807, 2.05) is 12.1 Å². The van der Waals surface area contributed by atoms with Gasteiger partial charge in [-0.3, -0.25) is 0 Å². The van der Waals surface area contributed by atoms with Crippen molar-refractivity contribution in [3.63, 3.8) is 0 Å². The van der Waals surface area contributed by atoms with Crippen molar-refractivity contribution in [1.29, 1.82) is 0 Å². The quantitative estimate of drug-likeness (QED) is 0.799. The van der Waals surface area contributed by atoms with Crippen LogP contribution in [0.1, 0.15) is 11.7 Å². The van der Waals surface area contributed by atoms with Gasteiger partial charge < -0.3 is 14.2 Å². The Bertz CT molecular complexity index is 900. The number of fused-ring (bicyclic) bond motifs is 1. The molecule has 8 heteroatoms. The fraction of sp³-hybridized carbons (Fsp3) is 0.333. The molecule has 2 heterocycles. The van der Waals surface area contributed by atoms with E-state index in [0.717, 1.165) is 5.56 Å². The fourth-order valence-electron chi connectivity index (χ4n) is 3.06. The molecule has 2 aromatic carbocycles. The van der Waals surface area contributed by atoms with Crippen LogP contribution in [-0.4, -0.2) is 45.6 Å². The molecule has 6 nitrogen and oxygen atoms in total. The molecular formula is C18H18ClNO5S. The zero-order valence-corrected chi connectivity index (χ0v) is 15.5. The average molecular weight is 396 g/mol. The van der Waals surface area contributed by atoms with Gasteiger partial charge in [-0.15, -0.1) is 0 Å². The van der Waals surface area contributed by atoms with Gasteiger partial charge >= 0.3 is 0 Å². The minimum atomic E-state index is -3.65. The van der Waals surface area contributed by atoms with Crippen LogP contribution in [0.4, 0.5) is 0 Å². The van der Waals surface area contributed by atoms with Gasteiger partial charge in [0.2, 0.25) is 10.0 Å². The van der Waals surface area contributed by atoms with E-state index in [1.165, 1.54) is 10.4 Å². The SMILES string of the molecule is O=S(=O)(c1ccc2c(c1)OCCO2)N1CCOC(c2ccc(Cl)cc2)C1. The molecule has 0 radical (unpaired) electrons. The Kier molecular flexibility index (Phi) is 4.79. The molecule has 1 fully saturated rings. The van der Waals surface area contributed by atoms with Gasteiger partial charge in [-0.05, 0) is 29.8 Å². The molecule has 0 spiro atoms. The largest absolute Gasteiger partial charge is 0.486 e. The molecule has 1 unspecified atom stereocenters. The van der Waals surface area contributed by atoms with Gasteiger partial charge in [0.05, 0.1) is 17.6 Å². The monoisotopic (exact) mass is 395 g/mol. The van der Waals surface area contributed by atoms with Crippen molar-refractivity contribution < 1.29 is 22.6 Å². The van der Waals surface area contributed by atoms with E-state index >= 15 is 0 Å². The van der Waals surface area contributed by atoms with Crippen molar-refractivity contribution in [2.75, 3.05) is 32.9 Å². The summed E-state index contributed by atoms with van der Waals surface area (Å²) in [6.07, 6.45) is -0.326. The number of halogens is 1. The summed E-state index contributed by atoms with van der Waals surface area (Å²) < 4.78 is 44.3. The summed E-state index contributed by atoms with van der Waals surface area (Å²) in [5.41, 5.74) is 0.900. The third kappa shape index (κ3) is 3.40. The second kappa shape index (κ2) is 7.08. The molecule has 2 aromatic rings. The van der Waals surface area contributed by atoms with E-state index < -0.39 is 10.0 Å². The lowest BCUT2D eigenvalue weighted by Gasteiger charge is -2.32. The van der Waals surface area contributed by atoms with Crippen LogP contribution >= 0.6 is 11.6 Å². The van der Waals surface area contributed by atoms with Gasteiger partial charge in [-0.2, -0.15) is 4.31 Å². The number of hydrogen-bond donors (Lipinski definition) is 0. The van der Waals surface area contributed by atoms with Crippen LogP contribution in [0.25, 0.3) is 0 Å². The van der Waals surface area contributed by atoms with E-state index in [-0.39, 0.29) is 17.5 Å². The zero-order valence-electron chi connectivity index (χ0n) is 13.9. The maximum absolute atomic E-state index is 13.1. The lowest BCUT2D eigenvalue weighted by Crippen LogP contribution is -2.42. The lowest BCUT2D eigenvalue weighted by molar-refractivity contribution is -0.00255. The number of sulfonamides is 1. The Hall–Kier alpha value is -1.80. The third-order valence-corrected chi connectivity index (χ3v) is 6.54. The molecule has 4 rings (SSSR count). The smallest absolute Gasteiger partial charge is 0.243 e. The molecule has 0 amide bonds. The molecule has 2 aliphatic rings. The lowest BCUT2D eigenvalue weighted by atomic mass is 10.1. The van der Waals surface area contributed by atoms with Gasteiger partial charge in [0.15, 0.2) is 11.5 Å². The van der Waals surface area contributed by atoms with Crippen LogP contribution in [0, 0.1) is 0 Å². The molecule has 0 bridgehead atoms. The van der Waals surface area contributed by atoms with Gasteiger partial charge in [0.1, 0.15) is 13.2 Å². The molecule has 0 aromatic heterocycles. The number of ether oxygens (including phenoxy) is 3. The first-order valence-electron chi connectivity index (χ1n) is 8.31. The van der Waals surface area contributed by atoms with Crippen molar-refractivity contribution in [3.05, 3.63) is 53.1 Å². The maximum atomic E-state index is 13.1. The Balaban J connectivity index is 1.58. The summed E-state index contributed by atoms with van der Waals surface area (Å²) in [7, 11) is -3.65. The molecule has 26 heavy (non-hydrogen) atoms. The van der Waals surface area contributed by atoms with Gasteiger partial charge in [-0.25, -0.2) is 8.42 Å². The van der Waals surface area contributed by atoms with Crippen LogP contribution in [0.3, 0.4) is 0 Å².